The molecule has 1 atom stereocenters. The number of nitrogens with one attached hydrogen (secondary N) is 2. The molecule has 1 unspecified atom stereocenters. The summed E-state index contributed by atoms with van der Waals surface area (Å²) in [5, 5.41) is 6.88. The maximum atomic E-state index is 5.74. The third kappa shape index (κ3) is 7.38. The van der Waals surface area contributed by atoms with Crippen molar-refractivity contribution in [2.75, 3.05) is 44.7 Å². The van der Waals surface area contributed by atoms with E-state index in [2.05, 4.69) is 62.5 Å². The molecule has 2 aromatic heterocycles. The summed E-state index contributed by atoms with van der Waals surface area (Å²) >= 11 is 0. The summed E-state index contributed by atoms with van der Waals surface area (Å²) in [5.41, 5.74) is 1.13. The molecule has 2 aromatic rings. The Morgan fingerprint density at radius 1 is 1.16 bits per heavy atom. The Kier molecular flexibility index (Phi) is 11.1. The van der Waals surface area contributed by atoms with Gasteiger partial charge in [0.15, 0.2) is 5.96 Å². The van der Waals surface area contributed by atoms with Crippen molar-refractivity contribution < 1.29 is 4.42 Å². The van der Waals surface area contributed by atoms with E-state index in [1.165, 1.54) is 19.3 Å². The first-order chi connectivity index (χ1) is 14.7. The van der Waals surface area contributed by atoms with Crippen molar-refractivity contribution in [3.05, 3.63) is 48.0 Å². The molecule has 7 nitrogen and oxygen atoms in total. The maximum Gasteiger partial charge on any atom is 0.191 e. The largest absolute Gasteiger partial charge is 0.468 e. The van der Waals surface area contributed by atoms with Crippen LogP contribution in [-0.2, 0) is 6.54 Å². The highest BCUT2D eigenvalue weighted by atomic mass is 127. The summed E-state index contributed by atoms with van der Waals surface area (Å²) in [6.07, 6.45) is 7.52. The predicted octanol–water partition coefficient (Wildman–Crippen LogP) is 4.03. The van der Waals surface area contributed by atoms with Crippen molar-refractivity contribution in [3.63, 3.8) is 0 Å². The van der Waals surface area contributed by atoms with Crippen molar-refractivity contribution in [1.82, 2.24) is 20.5 Å². The Morgan fingerprint density at radius 2 is 1.94 bits per heavy atom. The molecule has 31 heavy (non-hydrogen) atoms. The van der Waals surface area contributed by atoms with Gasteiger partial charge < -0.3 is 20.0 Å². The van der Waals surface area contributed by atoms with E-state index >= 15 is 0 Å². The number of halogens is 1. The summed E-state index contributed by atoms with van der Waals surface area (Å²) in [6.45, 7) is 9.89. The molecule has 1 aliphatic rings. The maximum absolute atomic E-state index is 5.74. The van der Waals surface area contributed by atoms with Crippen molar-refractivity contribution in [3.8, 4) is 0 Å². The zero-order valence-corrected chi connectivity index (χ0v) is 21.3. The molecule has 3 heterocycles. The number of furan rings is 1. The van der Waals surface area contributed by atoms with E-state index in [9.17, 15) is 0 Å². The molecule has 0 bridgehead atoms. The van der Waals surface area contributed by atoms with Gasteiger partial charge in [0.1, 0.15) is 11.6 Å². The Bertz CT molecular complexity index is 755. The first-order valence-electron chi connectivity index (χ1n) is 11.2. The highest BCUT2D eigenvalue weighted by molar-refractivity contribution is 14.0. The Balaban J connectivity index is 0.00000341. The van der Waals surface area contributed by atoms with Gasteiger partial charge in [-0.3, -0.25) is 9.89 Å². The van der Waals surface area contributed by atoms with Crippen LogP contribution in [0.2, 0.25) is 0 Å². The second-order valence-corrected chi connectivity index (χ2v) is 7.63. The summed E-state index contributed by atoms with van der Waals surface area (Å²) < 4.78 is 5.74. The average Bonchev–Trinajstić information content (AvgIpc) is 3.33. The SMILES string of the molecule is CCN(CC)c1ccc(CNC(=NC)NCC(c2ccco2)N2CCCCC2)cn1.I. The van der Waals surface area contributed by atoms with Crippen LogP contribution in [0.4, 0.5) is 5.82 Å². The molecular weight excluding hydrogens is 503 g/mol. The average molecular weight is 540 g/mol. The molecule has 1 aliphatic heterocycles. The van der Waals surface area contributed by atoms with Gasteiger partial charge in [-0.05, 0) is 63.5 Å². The minimum absolute atomic E-state index is 0. The summed E-state index contributed by atoms with van der Waals surface area (Å²) in [6, 6.07) is 8.46. The van der Waals surface area contributed by atoms with Crippen LogP contribution in [0, 0.1) is 0 Å². The van der Waals surface area contributed by atoms with Crippen LogP contribution in [0.15, 0.2) is 46.1 Å². The highest BCUT2D eigenvalue weighted by Gasteiger charge is 2.24. The second kappa shape index (κ2) is 13.6. The van der Waals surface area contributed by atoms with Gasteiger partial charge in [0.25, 0.3) is 0 Å². The molecule has 1 saturated heterocycles. The summed E-state index contributed by atoms with van der Waals surface area (Å²) in [4.78, 5) is 13.7. The Labute approximate surface area is 203 Å². The van der Waals surface area contributed by atoms with Gasteiger partial charge in [0, 0.05) is 39.4 Å². The lowest BCUT2D eigenvalue weighted by molar-refractivity contribution is 0.146. The molecule has 3 rings (SSSR count). The number of nitrogens with zero attached hydrogens (tertiary/aromatic N) is 4. The fourth-order valence-corrected chi connectivity index (χ4v) is 3.98. The van der Waals surface area contributed by atoms with E-state index in [1.54, 1.807) is 13.3 Å². The van der Waals surface area contributed by atoms with E-state index in [0.717, 1.165) is 55.8 Å². The standard InChI is InChI=1S/C23H36N6O.HI/c1-4-28(5-2)22-12-11-19(16-25-22)17-26-23(24-3)27-18-20(21-10-9-15-30-21)29-13-7-6-8-14-29;/h9-12,15-16,20H,4-8,13-14,17-18H2,1-3H3,(H2,24,26,27);1H. The van der Waals surface area contributed by atoms with Crippen LogP contribution in [0.5, 0.6) is 0 Å². The first kappa shape index (κ1) is 25.5. The number of likely N-dealkylation sites (tertiary alicyclic amines) is 1. The number of piperidine rings is 1. The van der Waals surface area contributed by atoms with Gasteiger partial charge >= 0.3 is 0 Å². The number of aliphatic imine (C=N–C) groups is 1. The molecular formula is C23H37IN6O. The van der Waals surface area contributed by atoms with Crippen LogP contribution in [0.1, 0.15) is 50.5 Å². The lowest BCUT2D eigenvalue weighted by atomic mass is 10.1. The van der Waals surface area contributed by atoms with E-state index in [-0.39, 0.29) is 30.0 Å². The van der Waals surface area contributed by atoms with Gasteiger partial charge in [-0.1, -0.05) is 12.5 Å². The molecule has 2 N–H and O–H groups in total. The van der Waals surface area contributed by atoms with E-state index in [1.807, 2.05) is 12.3 Å². The molecule has 8 heteroatoms. The molecule has 0 radical (unpaired) electrons. The van der Waals surface area contributed by atoms with E-state index in [4.69, 9.17) is 4.42 Å². The second-order valence-electron chi connectivity index (χ2n) is 7.63. The van der Waals surface area contributed by atoms with Gasteiger partial charge in [-0.2, -0.15) is 0 Å². The van der Waals surface area contributed by atoms with Crippen molar-refractivity contribution in [1.29, 1.82) is 0 Å². The van der Waals surface area contributed by atoms with Gasteiger partial charge in [-0.15, -0.1) is 24.0 Å². The van der Waals surface area contributed by atoms with Crippen LogP contribution >= 0.6 is 24.0 Å². The third-order valence-corrected chi connectivity index (χ3v) is 5.75. The molecule has 1 fully saturated rings. The minimum Gasteiger partial charge on any atom is -0.468 e. The molecule has 0 aromatic carbocycles. The quantitative estimate of drug-likeness (QED) is 0.285. The van der Waals surface area contributed by atoms with Crippen LogP contribution in [0.3, 0.4) is 0 Å². The normalized spacial score (nSPS) is 15.8. The number of rotatable bonds is 9. The highest BCUT2D eigenvalue weighted by Crippen LogP contribution is 2.24. The monoisotopic (exact) mass is 540 g/mol. The first-order valence-corrected chi connectivity index (χ1v) is 11.2. The lowest BCUT2D eigenvalue weighted by Gasteiger charge is -2.33. The predicted molar refractivity (Wildman–Crippen MR) is 138 cm³/mol. The third-order valence-electron chi connectivity index (χ3n) is 5.75. The van der Waals surface area contributed by atoms with Crippen molar-refractivity contribution in [2.24, 2.45) is 4.99 Å². The molecule has 0 spiro atoms. The van der Waals surface area contributed by atoms with E-state index < -0.39 is 0 Å². The fourth-order valence-electron chi connectivity index (χ4n) is 3.98. The molecule has 0 aliphatic carbocycles. The van der Waals surface area contributed by atoms with Crippen LogP contribution in [-0.4, -0.2) is 55.6 Å². The number of aromatic nitrogens is 1. The number of hydrogen-bond acceptors (Lipinski definition) is 5. The Hall–Kier alpha value is -1.81. The smallest absolute Gasteiger partial charge is 0.191 e. The number of anilines is 1. The van der Waals surface area contributed by atoms with Crippen molar-refractivity contribution >= 4 is 35.8 Å². The van der Waals surface area contributed by atoms with Gasteiger partial charge in [0.2, 0.25) is 0 Å². The van der Waals surface area contributed by atoms with Crippen molar-refractivity contribution in [2.45, 2.75) is 45.7 Å². The lowest BCUT2D eigenvalue weighted by Crippen LogP contribution is -2.44. The molecule has 0 saturated carbocycles. The number of pyridine rings is 1. The number of hydrogen-bond donors (Lipinski definition) is 2. The summed E-state index contributed by atoms with van der Waals surface area (Å²) in [5.74, 6) is 2.82. The zero-order valence-electron chi connectivity index (χ0n) is 19.0. The minimum atomic E-state index is 0. The zero-order chi connectivity index (χ0) is 21.2. The van der Waals surface area contributed by atoms with Gasteiger partial charge in [0.05, 0.1) is 12.3 Å². The number of guanidine groups is 1. The molecule has 172 valence electrons. The topological polar surface area (TPSA) is 68.9 Å². The summed E-state index contributed by atoms with van der Waals surface area (Å²) in [7, 11) is 1.81. The van der Waals surface area contributed by atoms with Gasteiger partial charge in [-0.25, -0.2) is 4.98 Å². The fraction of sp³-hybridized carbons (Fsp3) is 0.565. The molecule has 0 amide bonds. The van der Waals surface area contributed by atoms with Crippen LogP contribution in [0.25, 0.3) is 0 Å². The Morgan fingerprint density at radius 3 is 2.52 bits per heavy atom. The van der Waals surface area contributed by atoms with E-state index in [0.29, 0.717) is 6.54 Å². The van der Waals surface area contributed by atoms with Crippen LogP contribution < -0.4 is 15.5 Å².